The molecule has 25 heavy (non-hydrogen) atoms. The van der Waals surface area contributed by atoms with Crippen molar-refractivity contribution in [1.82, 2.24) is 15.1 Å². The molecule has 0 unspecified atom stereocenters. The molecule has 0 radical (unpaired) electrons. The third-order valence-electron chi connectivity index (χ3n) is 4.50. The third-order valence-corrected chi connectivity index (χ3v) is 4.50. The smallest absolute Gasteiger partial charge is 0.251 e. The molecular weight excluding hydrogens is 318 g/mol. The number of methoxy groups -OCH3 is 1. The van der Waals surface area contributed by atoms with Crippen LogP contribution in [0.1, 0.15) is 35.2 Å². The van der Waals surface area contributed by atoms with Crippen LogP contribution >= 0.6 is 0 Å². The molecule has 0 aliphatic carbocycles. The van der Waals surface area contributed by atoms with Crippen molar-refractivity contribution in [2.45, 2.75) is 31.9 Å². The Morgan fingerprint density at radius 2 is 2.16 bits per heavy atom. The van der Waals surface area contributed by atoms with Gasteiger partial charge < -0.3 is 15.0 Å². The van der Waals surface area contributed by atoms with Crippen LogP contribution in [0.25, 0.3) is 0 Å². The minimum atomic E-state index is -0.0692. The number of hydrogen-bond acceptors (Lipinski definition) is 4. The maximum absolute atomic E-state index is 12.2. The second-order valence-corrected chi connectivity index (χ2v) is 6.67. The molecule has 2 rings (SSSR count). The quantitative estimate of drug-likeness (QED) is 0.724. The first-order valence-electron chi connectivity index (χ1n) is 8.84. The highest BCUT2D eigenvalue weighted by molar-refractivity contribution is 5.94. The van der Waals surface area contributed by atoms with Crippen molar-refractivity contribution in [2.75, 3.05) is 40.8 Å². The van der Waals surface area contributed by atoms with Gasteiger partial charge in [-0.25, -0.2) is 0 Å². The summed E-state index contributed by atoms with van der Waals surface area (Å²) in [6.45, 7) is 2.88. The van der Waals surface area contributed by atoms with Crippen molar-refractivity contribution in [2.24, 2.45) is 0 Å². The Morgan fingerprint density at radius 1 is 1.36 bits per heavy atom. The van der Waals surface area contributed by atoms with E-state index in [9.17, 15) is 9.59 Å². The second-order valence-electron chi connectivity index (χ2n) is 6.67. The molecule has 1 aromatic carbocycles. The lowest BCUT2D eigenvalue weighted by Crippen LogP contribution is -2.43. The SMILES string of the molecule is COCc1cccc(C(=O)NCCCN2CCC[C@H]2C(=O)N(C)C)c1. The Balaban J connectivity index is 1.76. The summed E-state index contributed by atoms with van der Waals surface area (Å²) in [7, 11) is 5.24. The lowest BCUT2D eigenvalue weighted by Gasteiger charge is -2.26. The minimum absolute atomic E-state index is 0.00331. The molecule has 1 heterocycles. The number of likely N-dealkylation sites (tertiary alicyclic amines) is 1. The van der Waals surface area contributed by atoms with Gasteiger partial charge in [0.15, 0.2) is 0 Å². The van der Waals surface area contributed by atoms with Gasteiger partial charge in [-0.05, 0) is 43.5 Å². The van der Waals surface area contributed by atoms with Crippen molar-refractivity contribution in [1.29, 1.82) is 0 Å². The maximum atomic E-state index is 12.2. The molecule has 1 aliphatic rings. The van der Waals surface area contributed by atoms with E-state index in [0.29, 0.717) is 18.7 Å². The Kier molecular flexibility index (Phi) is 7.40. The molecule has 0 spiro atoms. The normalized spacial score (nSPS) is 17.5. The first-order chi connectivity index (χ1) is 12.0. The van der Waals surface area contributed by atoms with Crippen molar-refractivity contribution in [3.8, 4) is 0 Å². The molecule has 1 fully saturated rings. The summed E-state index contributed by atoms with van der Waals surface area (Å²) in [6, 6.07) is 7.46. The zero-order valence-electron chi connectivity index (χ0n) is 15.5. The molecule has 1 saturated heterocycles. The minimum Gasteiger partial charge on any atom is -0.380 e. The molecular formula is C19H29N3O3. The van der Waals surface area contributed by atoms with Crippen LogP contribution in [0.3, 0.4) is 0 Å². The summed E-state index contributed by atoms with van der Waals surface area (Å²) >= 11 is 0. The van der Waals surface area contributed by atoms with Crippen LogP contribution in [0.15, 0.2) is 24.3 Å². The van der Waals surface area contributed by atoms with E-state index in [1.807, 2.05) is 18.2 Å². The first kappa shape index (κ1) is 19.4. The van der Waals surface area contributed by atoms with E-state index in [1.54, 1.807) is 32.2 Å². The number of hydrogen-bond donors (Lipinski definition) is 1. The molecule has 1 aromatic rings. The topological polar surface area (TPSA) is 61.9 Å². The Bertz CT molecular complexity index is 589. The van der Waals surface area contributed by atoms with E-state index in [-0.39, 0.29) is 17.9 Å². The standard InChI is InChI=1S/C19H29N3O3/c1-21(2)19(24)17-9-5-11-22(17)12-6-10-20-18(23)16-8-4-7-15(13-16)14-25-3/h4,7-8,13,17H,5-6,9-12,14H2,1-3H3,(H,20,23)/t17-/m0/s1. The van der Waals surface area contributed by atoms with Crippen LogP contribution in [0, 0.1) is 0 Å². The molecule has 0 bridgehead atoms. The van der Waals surface area contributed by atoms with Gasteiger partial charge in [-0.15, -0.1) is 0 Å². The zero-order valence-corrected chi connectivity index (χ0v) is 15.5. The van der Waals surface area contributed by atoms with Gasteiger partial charge in [0.1, 0.15) is 0 Å². The molecule has 0 saturated carbocycles. The predicted molar refractivity (Wildman–Crippen MR) is 97.4 cm³/mol. The van der Waals surface area contributed by atoms with Crippen LogP contribution in [-0.2, 0) is 16.1 Å². The van der Waals surface area contributed by atoms with Crippen LogP contribution < -0.4 is 5.32 Å². The molecule has 2 amide bonds. The fourth-order valence-electron chi connectivity index (χ4n) is 3.23. The zero-order chi connectivity index (χ0) is 18.2. The molecule has 138 valence electrons. The van der Waals surface area contributed by atoms with E-state index in [0.717, 1.165) is 37.9 Å². The Labute approximate surface area is 150 Å². The van der Waals surface area contributed by atoms with Gasteiger partial charge in [-0.3, -0.25) is 14.5 Å². The maximum Gasteiger partial charge on any atom is 0.251 e. The summed E-state index contributed by atoms with van der Waals surface area (Å²) < 4.78 is 5.10. The second kappa shape index (κ2) is 9.53. The Hall–Kier alpha value is -1.92. The van der Waals surface area contributed by atoms with E-state index >= 15 is 0 Å². The lowest BCUT2D eigenvalue weighted by molar-refractivity contribution is -0.133. The number of nitrogens with one attached hydrogen (secondary N) is 1. The molecule has 6 nitrogen and oxygen atoms in total. The largest absolute Gasteiger partial charge is 0.380 e. The van der Waals surface area contributed by atoms with Gasteiger partial charge in [-0.2, -0.15) is 0 Å². The summed E-state index contributed by atoms with van der Waals surface area (Å²) in [6.07, 6.45) is 2.82. The highest BCUT2D eigenvalue weighted by atomic mass is 16.5. The highest BCUT2D eigenvalue weighted by Crippen LogP contribution is 2.18. The van der Waals surface area contributed by atoms with Crippen molar-refractivity contribution >= 4 is 11.8 Å². The van der Waals surface area contributed by atoms with Crippen LogP contribution in [0.5, 0.6) is 0 Å². The van der Waals surface area contributed by atoms with Crippen molar-refractivity contribution in [3.63, 3.8) is 0 Å². The number of carbonyl (C=O) groups is 2. The van der Waals surface area contributed by atoms with Gasteiger partial charge >= 0.3 is 0 Å². The highest BCUT2D eigenvalue weighted by Gasteiger charge is 2.30. The van der Waals surface area contributed by atoms with Crippen molar-refractivity contribution in [3.05, 3.63) is 35.4 Å². The Morgan fingerprint density at radius 3 is 2.88 bits per heavy atom. The monoisotopic (exact) mass is 347 g/mol. The lowest BCUT2D eigenvalue weighted by atomic mass is 10.1. The number of benzene rings is 1. The van der Waals surface area contributed by atoms with Gasteiger partial charge in [0, 0.05) is 39.9 Å². The van der Waals surface area contributed by atoms with Crippen LogP contribution in [0.4, 0.5) is 0 Å². The summed E-state index contributed by atoms with van der Waals surface area (Å²) in [5.41, 5.74) is 1.63. The van der Waals surface area contributed by atoms with Gasteiger partial charge in [-0.1, -0.05) is 12.1 Å². The third kappa shape index (κ3) is 5.54. The van der Waals surface area contributed by atoms with Crippen molar-refractivity contribution < 1.29 is 14.3 Å². The van der Waals surface area contributed by atoms with Gasteiger partial charge in [0.25, 0.3) is 5.91 Å². The average molecular weight is 347 g/mol. The summed E-state index contributed by atoms with van der Waals surface area (Å²) in [4.78, 5) is 28.3. The number of amides is 2. The van der Waals surface area contributed by atoms with E-state index in [2.05, 4.69) is 10.2 Å². The summed E-state index contributed by atoms with van der Waals surface area (Å²) in [5.74, 6) is 0.108. The van der Waals surface area contributed by atoms with Gasteiger partial charge in [0.05, 0.1) is 12.6 Å². The number of ether oxygens (including phenoxy) is 1. The molecule has 1 aliphatic heterocycles. The number of rotatable bonds is 8. The number of carbonyl (C=O) groups excluding carboxylic acids is 2. The fourth-order valence-corrected chi connectivity index (χ4v) is 3.23. The van der Waals surface area contributed by atoms with Crippen LogP contribution in [-0.4, -0.2) is 68.5 Å². The van der Waals surface area contributed by atoms with E-state index in [1.165, 1.54) is 0 Å². The first-order valence-corrected chi connectivity index (χ1v) is 8.84. The molecule has 0 aromatic heterocycles. The van der Waals surface area contributed by atoms with Gasteiger partial charge in [0.2, 0.25) is 5.91 Å². The molecule has 6 heteroatoms. The predicted octanol–water partition coefficient (Wildman–Crippen LogP) is 1.51. The molecule has 1 N–H and O–H groups in total. The van der Waals surface area contributed by atoms with E-state index in [4.69, 9.17) is 4.74 Å². The number of nitrogens with zero attached hydrogens (tertiary/aromatic N) is 2. The van der Waals surface area contributed by atoms with E-state index < -0.39 is 0 Å². The summed E-state index contributed by atoms with van der Waals surface area (Å²) in [5, 5.41) is 2.96. The number of likely N-dealkylation sites (N-methyl/N-ethyl adjacent to an activating group) is 1. The molecule has 1 atom stereocenters. The van der Waals surface area contributed by atoms with Crippen LogP contribution in [0.2, 0.25) is 0 Å². The fraction of sp³-hybridized carbons (Fsp3) is 0.579. The average Bonchev–Trinajstić information content (AvgIpc) is 3.06.